The minimum atomic E-state index is -0.0434. The van der Waals surface area contributed by atoms with Gasteiger partial charge in [-0.25, -0.2) is 0 Å². The van der Waals surface area contributed by atoms with Crippen LogP contribution in [0.1, 0.15) is 12.5 Å². The Morgan fingerprint density at radius 2 is 1.83 bits per heavy atom. The lowest BCUT2D eigenvalue weighted by molar-refractivity contribution is -0.132. The van der Waals surface area contributed by atoms with Gasteiger partial charge in [-0.3, -0.25) is 4.79 Å². The average molecular weight is 251 g/mol. The largest absolute Gasteiger partial charge is 0.493 e. The van der Waals surface area contributed by atoms with E-state index in [0.717, 1.165) is 5.56 Å². The van der Waals surface area contributed by atoms with Gasteiger partial charge in [0, 0.05) is 20.0 Å². The molecular weight excluding hydrogens is 230 g/mol. The maximum atomic E-state index is 11.8. The van der Waals surface area contributed by atoms with Gasteiger partial charge in [0.25, 0.3) is 0 Å². The maximum absolute atomic E-state index is 11.8. The zero-order chi connectivity index (χ0) is 13.7. The van der Waals surface area contributed by atoms with E-state index in [1.165, 1.54) is 0 Å². The molecule has 1 atom stereocenters. The summed E-state index contributed by atoms with van der Waals surface area (Å²) in [4.78, 5) is 13.4. The van der Waals surface area contributed by atoms with E-state index in [0.29, 0.717) is 17.9 Å². The van der Waals surface area contributed by atoms with Crippen molar-refractivity contribution >= 4 is 5.91 Å². The van der Waals surface area contributed by atoms with Crippen molar-refractivity contribution in [2.45, 2.75) is 13.3 Å². The van der Waals surface area contributed by atoms with Crippen molar-refractivity contribution in [2.24, 2.45) is 5.92 Å². The van der Waals surface area contributed by atoms with Gasteiger partial charge in [0.1, 0.15) is 0 Å². The first-order valence-electron chi connectivity index (χ1n) is 5.91. The van der Waals surface area contributed by atoms with Gasteiger partial charge in [-0.05, 0) is 24.1 Å². The van der Waals surface area contributed by atoms with Crippen LogP contribution in [0.4, 0.5) is 0 Å². The van der Waals surface area contributed by atoms with E-state index in [4.69, 9.17) is 9.47 Å². The summed E-state index contributed by atoms with van der Waals surface area (Å²) in [6.45, 7) is 1.93. The van der Waals surface area contributed by atoms with E-state index in [9.17, 15) is 4.79 Å². The fourth-order valence-corrected chi connectivity index (χ4v) is 1.89. The van der Waals surface area contributed by atoms with Crippen molar-refractivity contribution in [3.05, 3.63) is 23.8 Å². The Labute approximate surface area is 108 Å². The van der Waals surface area contributed by atoms with Gasteiger partial charge in [-0.1, -0.05) is 13.0 Å². The van der Waals surface area contributed by atoms with Crippen LogP contribution in [0.15, 0.2) is 18.2 Å². The predicted molar refractivity (Wildman–Crippen MR) is 71.1 cm³/mol. The monoisotopic (exact) mass is 251 g/mol. The third kappa shape index (κ3) is 3.39. The highest BCUT2D eigenvalue weighted by Crippen LogP contribution is 2.28. The molecule has 0 radical (unpaired) electrons. The summed E-state index contributed by atoms with van der Waals surface area (Å²) < 4.78 is 10.4. The Morgan fingerprint density at radius 1 is 1.22 bits per heavy atom. The van der Waals surface area contributed by atoms with Crippen molar-refractivity contribution in [1.82, 2.24) is 4.90 Å². The standard InChI is InChI=1S/C14H21NO3/c1-10(14(16)15(2)3)8-11-6-7-12(17-4)13(9-11)18-5/h6-7,9-10H,8H2,1-5H3. The molecular formula is C14H21NO3. The fourth-order valence-electron chi connectivity index (χ4n) is 1.89. The number of carbonyl (C=O) groups excluding carboxylic acids is 1. The molecule has 0 aliphatic rings. The van der Waals surface area contributed by atoms with Gasteiger partial charge in [-0.2, -0.15) is 0 Å². The molecule has 0 fully saturated rings. The number of rotatable bonds is 5. The Morgan fingerprint density at radius 3 is 2.33 bits per heavy atom. The van der Waals surface area contributed by atoms with Crippen LogP contribution >= 0.6 is 0 Å². The second-order valence-electron chi connectivity index (χ2n) is 4.53. The molecule has 1 aromatic rings. The van der Waals surface area contributed by atoms with E-state index < -0.39 is 0 Å². The molecule has 1 unspecified atom stereocenters. The van der Waals surface area contributed by atoms with E-state index in [1.54, 1.807) is 33.2 Å². The van der Waals surface area contributed by atoms with Crippen molar-refractivity contribution in [3.8, 4) is 11.5 Å². The number of nitrogens with zero attached hydrogens (tertiary/aromatic N) is 1. The van der Waals surface area contributed by atoms with Crippen LogP contribution in [-0.2, 0) is 11.2 Å². The lowest BCUT2D eigenvalue weighted by atomic mass is 9.99. The summed E-state index contributed by atoms with van der Waals surface area (Å²) in [7, 11) is 6.76. The van der Waals surface area contributed by atoms with Gasteiger partial charge >= 0.3 is 0 Å². The predicted octanol–water partition coefficient (Wildman–Crippen LogP) is 1.97. The van der Waals surface area contributed by atoms with Crippen LogP contribution in [0.3, 0.4) is 0 Å². The van der Waals surface area contributed by atoms with Crippen LogP contribution in [0.25, 0.3) is 0 Å². The molecule has 0 bridgehead atoms. The lowest BCUT2D eigenvalue weighted by Crippen LogP contribution is -2.29. The molecule has 0 aliphatic carbocycles. The molecule has 4 heteroatoms. The molecule has 18 heavy (non-hydrogen) atoms. The van der Waals surface area contributed by atoms with Gasteiger partial charge < -0.3 is 14.4 Å². The quantitative estimate of drug-likeness (QED) is 0.803. The third-order valence-corrected chi connectivity index (χ3v) is 2.85. The van der Waals surface area contributed by atoms with Crippen molar-refractivity contribution in [2.75, 3.05) is 28.3 Å². The van der Waals surface area contributed by atoms with Crippen LogP contribution in [0, 0.1) is 5.92 Å². The maximum Gasteiger partial charge on any atom is 0.225 e. The number of carbonyl (C=O) groups is 1. The molecule has 0 N–H and O–H groups in total. The molecule has 1 amide bonds. The average Bonchev–Trinajstić information content (AvgIpc) is 2.37. The van der Waals surface area contributed by atoms with Crippen LogP contribution in [0.5, 0.6) is 11.5 Å². The van der Waals surface area contributed by atoms with E-state index in [2.05, 4.69) is 0 Å². The molecule has 0 saturated heterocycles. The first-order chi connectivity index (χ1) is 8.49. The Bertz CT molecular complexity index is 416. The van der Waals surface area contributed by atoms with Crippen LogP contribution < -0.4 is 9.47 Å². The first kappa shape index (κ1) is 14.4. The minimum Gasteiger partial charge on any atom is -0.493 e. The molecule has 0 saturated carbocycles. The molecule has 0 aromatic heterocycles. The Kier molecular flexibility index (Phi) is 5.01. The molecule has 0 spiro atoms. The van der Waals surface area contributed by atoms with E-state index >= 15 is 0 Å². The second kappa shape index (κ2) is 6.28. The molecule has 4 nitrogen and oxygen atoms in total. The highest BCUT2D eigenvalue weighted by molar-refractivity contribution is 5.78. The van der Waals surface area contributed by atoms with Gasteiger partial charge in [0.2, 0.25) is 5.91 Å². The highest BCUT2D eigenvalue weighted by Gasteiger charge is 2.16. The molecule has 1 rings (SSSR count). The summed E-state index contributed by atoms with van der Waals surface area (Å²) >= 11 is 0. The Hall–Kier alpha value is -1.71. The molecule has 100 valence electrons. The zero-order valence-electron chi connectivity index (χ0n) is 11.7. The zero-order valence-corrected chi connectivity index (χ0v) is 11.7. The van der Waals surface area contributed by atoms with E-state index in [1.807, 2.05) is 25.1 Å². The van der Waals surface area contributed by atoms with Crippen molar-refractivity contribution < 1.29 is 14.3 Å². The molecule has 0 aliphatic heterocycles. The number of benzene rings is 1. The second-order valence-corrected chi connectivity index (χ2v) is 4.53. The number of ether oxygens (including phenoxy) is 2. The number of amides is 1. The normalized spacial score (nSPS) is 11.8. The lowest BCUT2D eigenvalue weighted by Gasteiger charge is -2.17. The molecule has 1 aromatic carbocycles. The summed E-state index contributed by atoms with van der Waals surface area (Å²) in [5.41, 5.74) is 1.07. The fraction of sp³-hybridized carbons (Fsp3) is 0.500. The topological polar surface area (TPSA) is 38.8 Å². The number of methoxy groups -OCH3 is 2. The Balaban J connectivity index is 2.82. The molecule has 0 heterocycles. The van der Waals surface area contributed by atoms with E-state index in [-0.39, 0.29) is 11.8 Å². The van der Waals surface area contributed by atoms with Crippen molar-refractivity contribution in [3.63, 3.8) is 0 Å². The summed E-state index contributed by atoms with van der Waals surface area (Å²) in [5, 5.41) is 0. The number of hydrogen-bond acceptors (Lipinski definition) is 3. The highest BCUT2D eigenvalue weighted by atomic mass is 16.5. The third-order valence-electron chi connectivity index (χ3n) is 2.85. The van der Waals surface area contributed by atoms with Gasteiger partial charge in [0.05, 0.1) is 14.2 Å². The first-order valence-corrected chi connectivity index (χ1v) is 5.91. The van der Waals surface area contributed by atoms with Crippen molar-refractivity contribution in [1.29, 1.82) is 0 Å². The summed E-state index contributed by atoms with van der Waals surface area (Å²) in [6.07, 6.45) is 0.692. The summed E-state index contributed by atoms with van der Waals surface area (Å²) in [5.74, 6) is 1.48. The van der Waals surface area contributed by atoms with Crippen LogP contribution in [-0.4, -0.2) is 39.1 Å². The summed E-state index contributed by atoms with van der Waals surface area (Å²) in [6, 6.07) is 5.74. The van der Waals surface area contributed by atoms with Crippen LogP contribution in [0.2, 0.25) is 0 Å². The van der Waals surface area contributed by atoms with Gasteiger partial charge in [-0.15, -0.1) is 0 Å². The smallest absolute Gasteiger partial charge is 0.225 e. The minimum absolute atomic E-state index is 0.0434. The number of hydrogen-bond donors (Lipinski definition) is 0. The SMILES string of the molecule is COc1ccc(CC(C)C(=O)N(C)C)cc1OC. The van der Waals surface area contributed by atoms with Gasteiger partial charge in [0.15, 0.2) is 11.5 Å².